The number of ether oxygens (including phenoxy) is 1. The van der Waals surface area contributed by atoms with E-state index in [1.807, 2.05) is 0 Å². The highest BCUT2D eigenvalue weighted by atomic mass is 16.5. The number of aromatic nitrogens is 1. The van der Waals surface area contributed by atoms with E-state index in [0.717, 1.165) is 52.2 Å². The second kappa shape index (κ2) is 8.34. The highest BCUT2D eigenvalue weighted by molar-refractivity contribution is 5.42. The van der Waals surface area contributed by atoms with Gasteiger partial charge in [0.05, 0.1) is 13.2 Å². The first-order valence-corrected chi connectivity index (χ1v) is 9.55. The molecular formula is C20H36N2O. The first-order valence-electron chi connectivity index (χ1n) is 9.55. The first kappa shape index (κ1) is 18.5. The van der Waals surface area contributed by atoms with Crippen LogP contribution >= 0.6 is 0 Å². The molecule has 0 aromatic carbocycles. The maximum Gasteiger partial charge on any atom is 0.0594 e. The normalized spacial score (nSPS) is 16.7. The van der Waals surface area contributed by atoms with Gasteiger partial charge in [0.2, 0.25) is 0 Å². The fraction of sp³-hybridized carbons (Fsp3) is 0.800. The van der Waals surface area contributed by atoms with Gasteiger partial charge in [-0.3, -0.25) is 4.90 Å². The minimum absolute atomic E-state index is 0.590. The van der Waals surface area contributed by atoms with Crippen LogP contribution in [-0.2, 0) is 24.1 Å². The van der Waals surface area contributed by atoms with Crippen LogP contribution in [0.25, 0.3) is 0 Å². The zero-order valence-corrected chi connectivity index (χ0v) is 16.1. The van der Waals surface area contributed by atoms with Gasteiger partial charge in [-0.15, -0.1) is 0 Å². The van der Waals surface area contributed by atoms with Crippen molar-refractivity contribution in [1.82, 2.24) is 9.47 Å². The van der Waals surface area contributed by atoms with Crippen molar-refractivity contribution in [3.8, 4) is 0 Å². The van der Waals surface area contributed by atoms with Crippen molar-refractivity contribution in [3.63, 3.8) is 0 Å². The summed E-state index contributed by atoms with van der Waals surface area (Å²) in [5.41, 5.74) is 6.41. The summed E-state index contributed by atoms with van der Waals surface area (Å²) in [5, 5.41) is 0. The lowest BCUT2D eigenvalue weighted by molar-refractivity contribution is 0.0362. The lowest BCUT2D eigenvalue weighted by Crippen LogP contribution is -2.38. The summed E-state index contributed by atoms with van der Waals surface area (Å²) in [6.07, 6.45) is 2.29. The van der Waals surface area contributed by atoms with Crippen LogP contribution in [-0.4, -0.2) is 42.3 Å². The van der Waals surface area contributed by atoms with Gasteiger partial charge in [0.15, 0.2) is 0 Å². The Kier molecular flexibility index (Phi) is 6.72. The molecule has 1 aromatic rings. The first-order chi connectivity index (χ1) is 11.0. The van der Waals surface area contributed by atoms with Crippen LogP contribution in [0.1, 0.15) is 75.9 Å². The van der Waals surface area contributed by atoms with Gasteiger partial charge in [-0.2, -0.15) is 0 Å². The van der Waals surface area contributed by atoms with Gasteiger partial charge in [0.25, 0.3) is 0 Å². The summed E-state index contributed by atoms with van der Waals surface area (Å²) in [5.74, 6) is 1.20. The van der Waals surface area contributed by atoms with Crippen LogP contribution in [0.2, 0.25) is 0 Å². The monoisotopic (exact) mass is 320 g/mol. The van der Waals surface area contributed by atoms with Crippen molar-refractivity contribution < 1.29 is 4.74 Å². The maximum absolute atomic E-state index is 5.48. The van der Waals surface area contributed by atoms with Gasteiger partial charge in [0.1, 0.15) is 0 Å². The molecule has 0 radical (unpaired) electrons. The van der Waals surface area contributed by atoms with Crippen molar-refractivity contribution in [2.45, 2.75) is 72.8 Å². The van der Waals surface area contributed by atoms with Crippen LogP contribution < -0.4 is 0 Å². The van der Waals surface area contributed by atoms with Crippen molar-refractivity contribution in [3.05, 3.63) is 22.5 Å². The van der Waals surface area contributed by atoms with Crippen molar-refractivity contribution in [2.75, 3.05) is 32.8 Å². The van der Waals surface area contributed by atoms with E-state index < -0.39 is 0 Å². The lowest BCUT2D eigenvalue weighted by Gasteiger charge is -2.28. The molecule has 23 heavy (non-hydrogen) atoms. The minimum atomic E-state index is 0.590. The molecule has 3 heteroatoms. The fourth-order valence-electron chi connectivity index (χ4n) is 4.18. The standard InChI is InChI=1S/C20H36N2O/c1-7-17-19(15(3)4)18(8-2)22(20(17)16(5)6)10-9-21-11-13-23-14-12-21/h15-16H,7-14H2,1-6H3. The van der Waals surface area contributed by atoms with E-state index in [1.165, 1.54) is 0 Å². The molecule has 1 saturated heterocycles. The Labute approximate surface area is 143 Å². The number of hydrogen-bond acceptors (Lipinski definition) is 2. The Bertz CT molecular complexity index is 496. The number of morpholine rings is 1. The van der Waals surface area contributed by atoms with Gasteiger partial charge >= 0.3 is 0 Å². The molecule has 0 bridgehead atoms. The van der Waals surface area contributed by atoms with E-state index in [1.54, 1.807) is 22.5 Å². The van der Waals surface area contributed by atoms with Crippen molar-refractivity contribution >= 4 is 0 Å². The molecule has 1 aliphatic heterocycles. The summed E-state index contributed by atoms with van der Waals surface area (Å²) in [6.45, 7) is 20.2. The van der Waals surface area contributed by atoms with Crippen molar-refractivity contribution in [1.29, 1.82) is 0 Å². The Morgan fingerprint density at radius 1 is 0.913 bits per heavy atom. The molecule has 2 heterocycles. The third-order valence-electron chi connectivity index (χ3n) is 5.12. The molecule has 0 atom stereocenters. The quantitative estimate of drug-likeness (QED) is 0.749. The predicted octanol–water partition coefficient (Wildman–Crippen LogP) is 4.19. The maximum atomic E-state index is 5.48. The molecule has 1 aromatic heterocycles. The van der Waals surface area contributed by atoms with E-state index >= 15 is 0 Å². The Balaban J connectivity index is 2.34. The van der Waals surface area contributed by atoms with Gasteiger partial charge in [-0.05, 0) is 35.8 Å². The highest BCUT2D eigenvalue weighted by Crippen LogP contribution is 2.34. The summed E-state index contributed by atoms with van der Waals surface area (Å²) >= 11 is 0. The zero-order valence-electron chi connectivity index (χ0n) is 16.1. The summed E-state index contributed by atoms with van der Waals surface area (Å²) in [6, 6.07) is 0. The number of nitrogens with zero attached hydrogens (tertiary/aromatic N) is 2. The van der Waals surface area contributed by atoms with Gasteiger partial charge < -0.3 is 9.30 Å². The Morgan fingerprint density at radius 2 is 1.57 bits per heavy atom. The molecule has 3 nitrogen and oxygen atoms in total. The average molecular weight is 321 g/mol. The number of hydrogen-bond donors (Lipinski definition) is 0. The third kappa shape index (κ3) is 4.00. The average Bonchev–Trinajstić information content (AvgIpc) is 2.87. The molecule has 0 aliphatic carbocycles. The lowest BCUT2D eigenvalue weighted by atomic mass is 9.93. The largest absolute Gasteiger partial charge is 0.379 e. The molecule has 132 valence electrons. The van der Waals surface area contributed by atoms with E-state index in [-0.39, 0.29) is 0 Å². The van der Waals surface area contributed by atoms with Crippen LogP contribution in [0.5, 0.6) is 0 Å². The van der Waals surface area contributed by atoms with E-state index in [4.69, 9.17) is 4.74 Å². The van der Waals surface area contributed by atoms with Crippen LogP contribution in [0.3, 0.4) is 0 Å². The minimum Gasteiger partial charge on any atom is -0.379 e. The van der Waals surface area contributed by atoms with E-state index in [2.05, 4.69) is 51.0 Å². The molecule has 1 fully saturated rings. The third-order valence-corrected chi connectivity index (χ3v) is 5.12. The molecule has 0 unspecified atom stereocenters. The van der Waals surface area contributed by atoms with Crippen LogP contribution in [0.15, 0.2) is 0 Å². The van der Waals surface area contributed by atoms with Crippen LogP contribution in [0, 0.1) is 0 Å². The summed E-state index contributed by atoms with van der Waals surface area (Å²) in [4.78, 5) is 2.55. The fourth-order valence-corrected chi connectivity index (χ4v) is 4.18. The molecule has 0 saturated carbocycles. The second-order valence-corrected chi connectivity index (χ2v) is 7.35. The zero-order chi connectivity index (χ0) is 17.0. The number of rotatable bonds is 7. The second-order valence-electron chi connectivity index (χ2n) is 7.35. The highest BCUT2D eigenvalue weighted by Gasteiger charge is 2.24. The Morgan fingerprint density at radius 3 is 2.04 bits per heavy atom. The smallest absolute Gasteiger partial charge is 0.0594 e. The van der Waals surface area contributed by atoms with Gasteiger partial charge in [0, 0.05) is 37.6 Å². The van der Waals surface area contributed by atoms with Crippen molar-refractivity contribution in [2.24, 2.45) is 0 Å². The molecule has 0 amide bonds. The van der Waals surface area contributed by atoms with Crippen LogP contribution in [0.4, 0.5) is 0 Å². The predicted molar refractivity (Wildman–Crippen MR) is 98.6 cm³/mol. The molecule has 0 N–H and O–H groups in total. The van der Waals surface area contributed by atoms with E-state index in [0.29, 0.717) is 11.8 Å². The van der Waals surface area contributed by atoms with Gasteiger partial charge in [-0.1, -0.05) is 41.5 Å². The summed E-state index contributed by atoms with van der Waals surface area (Å²) < 4.78 is 8.14. The Hall–Kier alpha value is -0.800. The van der Waals surface area contributed by atoms with Gasteiger partial charge in [-0.25, -0.2) is 0 Å². The molecule has 0 spiro atoms. The molecule has 1 aliphatic rings. The molecule has 2 rings (SSSR count). The SMILES string of the molecule is CCc1c(C(C)C)c(CC)n(CCN2CCOCC2)c1C(C)C. The van der Waals surface area contributed by atoms with E-state index in [9.17, 15) is 0 Å². The topological polar surface area (TPSA) is 17.4 Å². The summed E-state index contributed by atoms with van der Waals surface area (Å²) in [7, 11) is 0. The molecular weight excluding hydrogens is 284 g/mol.